The molecule has 2 aromatic carbocycles. The molecule has 3 aromatic rings. The fourth-order valence-corrected chi connectivity index (χ4v) is 6.40. The average molecular weight is 520 g/mol. The minimum Gasteiger partial charge on any atom is -0.475 e. The molecule has 3 atom stereocenters. The minimum absolute atomic E-state index is 0.0220. The highest BCUT2D eigenvalue weighted by molar-refractivity contribution is 5.94. The topological polar surface area (TPSA) is 87.8 Å². The molecule has 0 bridgehead atoms. The van der Waals surface area contributed by atoms with Crippen molar-refractivity contribution in [2.45, 2.75) is 57.4 Å². The number of furan rings is 1. The van der Waals surface area contributed by atoms with Crippen molar-refractivity contribution < 1.29 is 28.3 Å². The van der Waals surface area contributed by atoms with Crippen LogP contribution in [0.1, 0.15) is 66.6 Å². The molecule has 1 saturated carbocycles. The van der Waals surface area contributed by atoms with Gasteiger partial charge in [0.25, 0.3) is 0 Å². The SMILES string of the molecule is CC(CF)C1CCC(C(=O)N2CC[C@H](c3ccccc3)[C@H]2C(=O)Cc2ccc3oc(C(=O)O)cc3c2)CC1. The molecule has 0 spiro atoms. The lowest BCUT2D eigenvalue weighted by atomic mass is 9.76. The van der Waals surface area contributed by atoms with Gasteiger partial charge in [0.15, 0.2) is 5.78 Å². The van der Waals surface area contributed by atoms with Crippen LogP contribution in [0.5, 0.6) is 0 Å². The van der Waals surface area contributed by atoms with Gasteiger partial charge in [-0.05, 0) is 73.3 Å². The van der Waals surface area contributed by atoms with Crippen molar-refractivity contribution >= 4 is 28.6 Å². The van der Waals surface area contributed by atoms with Gasteiger partial charge in [0.05, 0.1) is 12.7 Å². The second-order valence-corrected chi connectivity index (χ2v) is 11.0. The number of carboxylic acid groups (broad SMARTS) is 1. The van der Waals surface area contributed by atoms with Crippen LogP contribution in [0.15, 0.2) is 59.0 Å². The number of likely N-dealkylation sites (tertiary alicyclic amines) is 1. The number of carboxylic acids is 1. The molecule has 1 N–H and O–H groups in total. The highest BCUT2D eigenvalue weighted by Gasteiger charge is 2.44. The molecule has 38 heavy (non-hydrogen) atoms. The van der Waals surface area contributed by atoms with Crippen LogP contribution in [-0.2, 0) is 16.0 Å². The number of amides is 1. The first-order valence-corrected chi connectivity index (χ1v) is 13.6. The molecule has 2 fully saturated rings. The molecule has 1 amide bonds. The Balaban J connectivity index is 1.37. The number of hydrogen-bond donors (Lipinski definition) is 1. The first-order chi connectivity index (χ1) is 18.4. The van der Waals surface area contributed by atoms with E-state index in [4.69, 9.17) is 4.42 Å². The number of aromatic carboxylic acids is 1. The summed E-state index contributed by atoms with van der Waals surface area (Å²) in [5.41, 5.74) is 2.26. The summed E-state index contributed by atoms with van der Waals surface area (Å²) in [5.74, 6) is -1.12. The molecule has 5 rings (SSSR count). The number of hydrogen-bond acceptors (Lipinski definition) is 4. The van der Waals surface area contributed by atoms with E-state index >= 15 is 0 Å². The Labute approximate surface area is 221 Å². The summed E-state index contributed by atoms with van der Waals surface area (Å²) in [5, 5.41) is 9.85. The van der Waals surface area contributed by atoms with E-state index in [2.05, 4.69) is 0 Å². The molecule has 1 unspecified atom stereocenters. The number of Topliss-reactive ketones (excluding diaryl/α,β-unsaturated/α-hetero) is 1. The van der Waals surface area contributed by atoms with Crippen LogP contribution in [0.25, 0.3) is 11.0 Å². The third-order valence-corrected chi connectivity index (χ3v) is 8.58. The molecular weight excluding hydrogens is 485 g/mol. The fourth-order valence-electron chi connectivity index (χ4n) is 6.40. The Morgan fingerprint density at radius 1 is 1.03 bits per heavy atom. The molecular formula is C31H34FNO5. The van der Waals surface area contributed by atoms with Crippen molar-refractivity contribution in [1.82, 2.24) is 4.90 Å². The molecule has 1 aliphatic heterocycles. The molecule has 0 radical (unpaired) electrons. The molecule has 1 saturated heterocycles. The summed E-state index contributed by atoms with van der Waals surface area (Å²) in [7, 11) is 0. The number of alkyl halides is 1. The lowest BCUT2D eigenvalue weighted by Crippen LogP contribution is -2.46. The Morgan fingerprint density at radius 2 is 1.76 bits per heavy atom. The molecule has 200 valence electrons. The lowest BCUT2D eigenvalue weighted by molar-refractivity contribution is -0.142. The van der Waals surface area contributed by atoms with E-state index in [0.717, 1.165) is 43.2 Å². The third-order valence-electron chi connectivity index (χ3n) is 8.58. The summed E-state index contributed by atoms with van der Waals surface area (Å²) in [4.78, 5) is 40.7. The van der Waals surface area contributed by atoms with Gasteiger partial charge in [-0.15, -0.1) is 0 Å². The molecule has 7 heteroatoms. The summed E-state index contributed by atoms with van der Waals surface area (Å²) < 4.78 is 18.5. The number of nitrogens with zero attached hydrogens (tertiary/aromatic N) is 1. The van der Waals surface area contributed by atoms with Crippen LogP contribution >= 0.6 is 0 Å². The van der Waals surface area contributed by atoms with Gasteiger partial charge in [0.2, 0.25) is 11.7 Å². The van der Waals surface area contributed by atoms with Crippen LogP contribution in [0.2, 0.25) is 0 Å². The maximum absolute atomic E-state index is 13.9. The zero-order valence-corrected chi connectivity index (χ0v) is 21.6. The highest BCUT2D eigenvalue weighted by atomic mass is 19.1. The minimum atomic E-state index is -1.14. The Bertz CT molecular complexity index is 1310. The van der Waals surface area contributed by atoms with Crippen LogP contribution in [-0.4, -0.2) is 46.9 Å². The molecule has 2 heterocycles. The van der Waals surface area contributed by atoms with E-state index in [0.29, 0.717) is 23.4 Å². The number of carbonyl (C=O) groups excluding carboxylic acids is 2. The van der Waals surface area contributed by atoms with E-state index in [1.54, 1.807) is 18.2 Å². The zero-order valence-electron chi connectivity index (χ0n) is 21.6. The van der Waals surface area contributed by atoms with E-state index in [1.165, 1.54) is 6.07 Å². The van der Waals surface area contributed by atoms with E-state index in [-0.39, 0.29) is 48.3 Å². The first kappa shape index (κ1) is 26.1. The molecule has 1 aromatic heterocycles. The largest absolute Gasteiger partial charge is 0.475 e. The van der Waals surface area contributed by atoms with Gasteiger partial charge < -0.3 is 14.4 Å². The summed E-state index contributed by atoms with van der Waals surface area (Å²) in [6.07, 6.45) is 4.04. The fraction of sp³-hybridized carbons (Fsp3) is 0.452. The maximum atomic E-state index is 13.9. The van der Waals surface area contributed by atoms with Gasteiger partial charge in [0, 0.05) is 30.2 Å². The molecule has 2 aliphatic rings. The number of fused-ring (bicyclic) bond motifs is 1. The maximum Gasteiger partial charge on any atom is 0.371 e. The first-order valence-electron chi connectivity index (χ1n) is 13.6. The monoisotopic (exact) mass is 519 g/mol. The third kappa shape index (κ3) is 5.24. The Hall–Kier alpha value is -3.48. The van der Waals surface area contributed by atoms with E-state index in [1.807, 2.05) is 42.2 Å². The van der Waals surface area contributed by atoms with Gasteiger partial charge in [-0.3, -0.25) is 14.0 Å². The van der Waals surface area contributed by atoms with Gasteiger partial charge >= 0.3 is 5.97 Å². The number of ketones is 1. The Kier molecular flexibility index (Phi) is 7.63. The van der Waals surface area contributed by atoms with Gasteiger partial charge in [-0.25, -0.2) is 4.79 Å². The second-order valence-electron chi connectivity index (χ2n) is 11.0. The standard InChI is InChI=1S/C31H34FNO5/c1-19(18-32)21-8-10-23(11-9-21)30(35)33-14-13-25(22-5-3-2-4-6-22)29(33)26(34)16-20-7-12-27-24(15-20)17-28(38-27)31(36)37/h2-7,12,15,17,19,21,23,25,29H,8-11,13-14,16,18H2,1H3,(H,36,37)/t19?,21?,23?,25-,29+/m1/s1. The van der Waals surface area contributed by atoms with Crippen LogP contribution in [0, 0.1) is 17.8 Å². The zero-order chi connectivity index (χ0) is 26.8. The number of halogens is 1. The van der Waals surface area contributed by atoms with Crippen molar-refractivity contribution in [3.8, 4) is 0 Å². The van der Waals surface area contributed by atoms with Crippen molar-refractivity contribution in [2.75, 3.05) is 13.2 Å². The van der Waals surface area contributed by atoms with Crippen LogP contribution in [0.3, 0.4) is 0 Å². The van der Waals surface area contributed by atoms with Crippen molar-refractivity contribution in [3.05, 3.63) is 71.5 Å². The Morgan fingerprint density at radius 3 is 2.45 bits per heavy atom. The predicted octanol–water partition coefficient (Wildman–Crippen LogP) is 6.04. The van der Waals surface area contributed by atoms with Crippen LogP contribution in [0.4, 0.5) is 4.39 Å². The molecule has 1 aliphatic carbocycles. The van der Waals surface area contributed by atoms with E-state index < -0.39 is 12.0 Å². The van der Waals surface area contributed by atoms with Gasteiger partial charge in [-0.1, -0.05) is 43.3 Å². The number of rotatable bonds is 8. The van der Waals surface area contributed by atoms with Gasteiger partial charge in [0.1, 0.15) is 5.58 Å². The normalized spacial score (nSPS) is 24.4. The van der Waals surface area contributed by atoms with Crippen LogP contribution < -0.4 is 0 Å². The smallest absolute Gasteiger partial charge is 0.371 e. The number of benzene rings is 2. The highest BCUT2D eigenvalue weighted by Crippen LogP contribution is 2.39. The second kappa shape index (κ2) is 11.1. The number of carbonyl (C=O) groups is 3. The average Bonchev–Trinajstić information content (AvgIpc) is 3.58. The van der Waals surface area contributed by atoms with E-state index in [9.17, 15) is 23.9 Å². The van der Waals surface area contributed by atoms with Gasteiger partial charge in [-0.2, -0.15) is 0 Å². The quantitative estimate of drug-likeness (QED) is 0.392. The lowest BCUT2D eigenvalue weighted by Gasteiger charge is -2.35. The summed E-state index contributed by atoms with van der Waals surface area (Å²) in [6.45, 7) is 2.15. The van der Waals surface area contributed by atoms with Crippen molar-refractivity contribution in [2.24, 2.45) is 17.8 Å². The summed E-state index contributed by atoms with van der Waals surface area (Å²) >= 11 is 0. The predicted molar refractivity (Wildman–Crippen MR) is 142 cm³/mol. The van der Waals surface area contributed by atoms with Crippen molar-refractivity contribution in [1.29, 1.82) is 0 Å². The molecule has 6 nitrogen and oxygen atoms in total. The summed E-state index contributed by atoms with van der Waals surface area (Å²) in [6, 6.07) is 16.1. The van der Waals surface area contributed by atoms with Crippen molar-refractivity contribution in [3.63, 3.8) is 0 Å².